The monoisotopic (exact) mass is 486 g/mol. The van der Waals surface area contributed by atoms with Crippen molar-refractivity contribution in [2.24, 2.45) is 0 Å². The van der Waals surface area contributed by atoms with E-state index in [1.807, 2.05) is 0 Å². The van der Waals surface area contributed by atoms with Crippen molar-refractivity contribution in [3.63, 3.8) is 0 Å². The number of alkyl halides is 2. The molecule has 1 amide bonds. The number of nitrogens with zero attached hydrogens (tertiary/aromatic N) is 2. The van der Waals surface area contributed by atoms with Gasteiger partial charge in [0.15, 0.2) is 18.2 Å². The van der Waals surface area contributed by atoms with Gasteiger partial charge < -0.3 is 25.1 Å². The van der Waals surface area contributed by atoms with Gasteiger partial charge in [-0.25, -0.2) is 4.79 Å². The molecule has 1 aliphatic heterocycles. The quantitative estimate of drug-likeness (QED) is 0.286. The summed E-state index contributed by atoms with van der Waals surface area (Å²) in [6.45, 7) is -3.01. The number of hydrogen-bond donors (Lipinski definition) is 3. The van der Waals surface area contributed by atoms with E-state index in [0.29, 0.717) is 27.1 Å². The van der Waals surface area contributed by atoms with E-state index in [-0.39, 0.29) is 37.3 Å². The molecule has 12 heteroatoms. The number of aliphatic hydroxyl groups is 1. The number of ether oxygens (including phenoxy) is 2. The van der Waals surface area contributed by atoms with Gasteiger partial charge in [0.1, 0.15) is 17.0 Å². The third-order valence-corrected chi connectivity index (χ3v) is 6.45. The van der Waals surface area contributed by atoms with Gasteiger partial charge in [-0.2, -0.15) is 18.6 Å². The molecule has 3 heterocycles. The van der Waals surface area contributed by atoms with Crippen LogP contribution in [-0.2, 0) is 15.1 Å². The molecular weight excluding hydrogens is 466 g/mol. The zero-order valence-electron chi connectivity index (χ0n) is 18.2. The number of esters is 1. The number of nitrogens with one attached hydrogen (secondary N) is 2. The van der Waals surface area contributed by atoms with Crippen LogP contribution >= 0.6 is 0 Å². The molecule has 1 aliphatic carbocycles. The van der Waals surface area contributed by atoms with Crippen molar-refractivity contribution in [3.05, 3.63) is 65.1 Å². The van der Waals surface area contributed by atoms with Crippen molar-refractivity contribution in [1.82, 2.24) is 10.2 Å². The first-order valence-corrected chi connectivity index (χ1v) is 10.8. The summed E-state index contributed by atoms with van der Waals surface area (Å²) in [7, 11) is 0. The summed E-state index contributed by atoms with van der Waals surface area (Å²) in [6.07, 6.45) is 2.73. The summed E-state index contributed by atoms with van der Waals surface area (Å²) in [5.41, 5.74) is -1.45. The topological polar surface area (TPSA) is 140 Å². The second-order valence-electron chi connectivity index (χ2n) is 8.54. The molecule has 35 heavy (non-hydrogen) atoms. The van der Waals surface area contributed by atoms with Crippen LogP contribution in [0.1, 0.15) is 41.6 Å². The number of aromatic nitrogens is 3. The highest BCUT2D eigenvalue weighted by Gasteiger charge is 2.54. The maximum atomic E-state index is 12.9. The van der Waals surface area contributed by atoms with Crippen LogP contribution in [-0.4, -0.2) is 39.4 Å². The largest absolute Gasteiger partial charge is 0.619 e. The number of benzene rings is 1. The number of amides is 1. The van der Waals surface area contributed by atoms with E-state index in [1.54, 1.807) is 18.2 Å². The molecule has 1 fully saturated rings. The van der Waals surface area contributed by atoms with Crippen LogP contribution in [0.15, 0.2) is 48.8 Å². The molecule has 0 radical (unpaired) electrons. The van der Waals surface area contributed by atoms with E-state index >= 15 is 0 Å². The van der Waals surface area contributed by atoms with Gasteiger partial charge in [0.05, 0.1) is 16.8 Å². The number of pyridine rings is 1. The predicted octanol–water partition coefficient (Wildman–Crippen LogP) is 2.62. The standard InChI is InChI=1S/C23H20F2N4O6/c24-21(25)34-17-4-2-1-3-14(17)16-11-18(28-27-16)26-20(31)22(32)6-8-23(9-7-22)15-12-29(33)10-5-13(15)19(30)35-23/h1-5,10-12,21,32H,6-9H2,(H2,26,27,28,31). The molecule has 3 N–H and O–H groups in total. The number of fused-ring (bicyclic) bond motifs is 2. The summed E-state index contributed by atoms with van der Waals surface area (Å²) in [5.74, 6) is -1.24. The minimum atomic E-state index is -3.01. The van der Waals surface area contributed by atoms with E-state index in [1.165, 1.54) is 30.6 Å². The molecule has 182 valence electrons. The van der Waals surface area contributed by atoms with E-state index in [0.717, 1.165) is 0 Å². The third-order valence-electron chi connectivity index (χ3n) is 6.45. The van der Waals surface area contributed by atoms with Crippen LogP contribution in [0.4, 0.5) is 14.6 Å². The number of rotatable bonds is 5. The summed E-state index contributed by atoms with van der Waals surface area (Å²) < 4.78 is 36.1. The summed E-state index contributed by atoms with van der Waals surface area (Å²) in [4.78, 5) is 25.2. The fourth-order valence-electron chi connectivity index (χ4n) is 4.62. The summed E-state index contributed by atoms with van der Waals surface area (Å²) in [6, 6.07) is 8.94. The average molecular weight is 486 g/mol. The Hall–Kier alpha value is -4.06. The van der Waals surface area contributed by atoms with Crippen molar-refractivity contribution in [1.29, 1.82) is 0 Å². The Kier molecular flexibility index (Phi) is 5.39. The lowest BCUT2D eigenvalue weighted by molar-refractivity contribution is -0.606. The van der Waals surface area contributed by atoms with Crippen LogP contribution in [0.5, 0.6) is 5.75 Å². The fraction of sp³-hybridized carbons (Fsp3) is 0.304. The van der Waals surface area contributed by atoms with Crippen LogP contribution in [0.25, 0.3) is 11.3 Å². The molecule has 1 saturated carbocycles. The minimum Gasteiger partial charge on any atom is -0.619 e. The number of carbonyl (C=O) groups is 2. The van der Waals surface area contributed by atoms with Crippen LogP contribution in [0.2, 0.25) is 0 Å². The van der Waals surface area contributed by atoms with Crippen molar-refractivity contribution < 1.29 is 37.7 Å². The van der Waals surface area contributed by atoms with E-state index in [9.17, 15) is 28.7 Å². The number of H-pyrrole nitrogens is 1. The van der Waals surface area contributed by atoms with Crippen LogP contribution in [0, 0.1) is 5.21 Å². The van der Waals surface area contributed by atoms with E-state index in [2.05, 4.69) is 20.3 Å². The molecule has 3 aromatic rings. The number of anilines is 1. The Bertz CT molecular complexity index is 1300. The first-order chi connectivity index (χ1) is 16.7. The van der Waals surface area contributed by atoms with Crippen molar-refractivity contribution in [3.8, 4) is 17.0 Å². The van der Waals surface area contributed by atoms with E-state index in [4.69, 9.17) is 4.74 Å². The smallest absolute Gasteiger partial charge is 0.387 e. The normalized spacial score (nSPS) is 23.3. The van der Waals surface area contributed by atoms with Crippen molar-refractivity contribution in [2.45, 2.75) is 43.5 Å². The predicted molar refractivity (Wildman–Crippen MR) is 115 cm³/mol. The Morgan fingerprint density at radius 1 is 1.23 bits per heavy atom. The van der Waals surface area contributed by atoms with Gasteiger partial charge in [-0.3, -0.25) is 9.89 Å². The molecule has 1 aromatic carbocycles. The lowest BCUT2D eigenvalue weighted by Gasteiger charge is -2.39. The molecule has 2 aromatic heterocycles. The van der Waals surface area contributed by atoms with Gasteiger partial charge in [-0.15, -0.1) is 0 Å². The first-order valence-electron chi connectivity index (χ1n) is 10.8. The Morgan fingerprint density at radius 2 is 1.97 bits per heavy atom. The minimum absolute atomic E-state index is 0.0261. The highest BCUT2D eigenvalue weighted by Crippen LogP contribution is 2.49. The first kappa shape index (κ1) is 22.7. The van der Waals surface area contributed by atoms with Gasteiger partial charge >= 0.3 is 12.6 Å². The molecule has 5 rings (SSSR count). The van der Waals surface area contributed by atoms with Crippen LogP contribution in [0.3, 0.4) is 0 Å². The molecule has 0 unspecified atom stereocenters. The zero-order valence-corrected chi connectivity index (χ0v) is 18.2. The van der Waals surface area contributed by atoms with Crippen LogP contribution < -0.4 is 14.8 Å². The molecule has 0 atom stereocenters. The summed E-state index contributed by atoms with van der Waals surface area (Å²) in [5, 5.41) is 32.0. The second kappa shape index (κ2) is 8.31. The number of halogens is 2. The molecule has 0 bridgehead atoms. The number of para-hydroxylation sites is 1. The Balaban J connectivity index is 1.29. The van der Waals surface area contributed by atoms with Gasteiger partial charge in [0.2, 0.25) is 0 Å². The van der Waals surface area contributed by atoms with Gasteiger partial charge in [0.25, 0.3) is 5.91 Å². The second-order valence-corrected chi connectivity index (χ2v) is 8.54. The Labute approximate surface area is 197 Å². The maximum absolute atomic E-state index is 12.9. The molecular formula is C23H20F2N4O6. The molecule has 1 spiro atoms. The Morgan fingerprint density at radius 3 is 2.71 bits per heavy atom. The highest BCUT2D eigenvalue weighted by atomic mass is 19.3. The summed E-state index contributed by atoms with van der Waals surface area (Å²) >= 11 is 0. The maximum Gasteiger partial charge on any atom is 0.387 e. The fourth-order valence-corrected chi connectivity index (χ4v) is 4.62. The lowest BCUT2D eigenvalue weighted by atomic mass is 9.73. The molecule has 2 aliphatic rings. The highest BCUT2D eigenvalue weighted by molar-refractivity contribution is 5.97. The van der Waals surface area contributed by atoms with Gasteiger partial charge in [0, 0.05) is 17.7 Å². The van der Waals surface area contributed by atoms with Crippen molar-refractivity contribution >= 4 is 17.7 Å². The third kappa shape index (κ3) is 4.05. The van der Waals surface area contributed by atoms with Crippen molar-refractivity contribution in [2.75, 3.05) is 5.32 Å². The SMILES string of the molecule is O=C1OC2(CCC(O)(C(=O)Nc3cc(-c4ccccc4OC(F)F)[nH]n3)CC2)c2c[n+]([O-])ccc21. The zero-order chi connectivity index (χ0) is 24.8. The lowest BCUT2D eigenvalue weighted by Crippen LogP contribution is -2.49. The number of aromatic amines is 1. The number of carbonyl (C=O) groups excluding carboxylic acids is 2. The molecule has 10 nitrogen and oxygen atoms in total. The molecule has 0 saturated heterocycles. The van der Waals surface area contributed by atoms with Gasteiger partial charge in [-0.1, -0.05) is 12.1 Å². The average Bonchev–Trinajstić information content (AvgIpc) is 3.38. The van der Waals surface area contributed by atoms with E-state index < -0.39 is 29.7 Å². The number of hydrogen-bond acceptors (Lipinski definition) is 7. The van der Waals surface area contributed by atoms with Gasteiger partial charge in [-0.05, 0) is 37.8 Å².